The molecule has 0 fully saturated rings. The molecule has 16 heavy (non-hydrogen) atoms. The summed E-state index contributed by atoms with van der Waals surface area (Å²) in [6, 6.07) is 5.03. The lowest BCUT2D eigenvalue weighted by molar-refractivity contribution is 0.0742. The molecule has 0 saturated carbocycles. The van der Waals surface area contributed by atoms with Crippen molar-refractivity contribution in [2.45, 2.75) is 6.54 Å². The van der Waals surface area contributed by atoms with Gasteiger partial charge in [-0.2, -0.15) is 0 Å². The second-order valence-electron chi connectivity index (χ2n) is 3.65. The minimum absolute atomic E-state index is 0.0916. The zero-order chi connectivity index (χ0) is 11.7. The van der Waals surface area contributed by atoms with Gasteiger partial charge in [0.15, 0.2) is 0 Å². The van der Waals surface area contributed by atoms with Gasteiger partial charge in [-0.3, -0.25) is 9.59 Å². The van der Waals surface area contributed by atoms with Crippen molar-refractivity contribution in [2.75, 3.05) is 13.2 Å². The number of carbonyl (C=O) groups excluding carboxylic acids is 2. The van der Waals surface area contributed by atoms with Gasteiger partial charge in [-0.15, -0.1) is 0 Å². The summed E-state index contributed by atoms with van der Waals surface area (Å²) in [5.74, 6) is -0.838. The second kappa shape index (κ2) is 3.94. The first-order valence-corrected chi connectivity index (χ1v) is 4.97. The summed E-state index contributed by atoms with van der Waals surface area (Å²) >= 11 is 0. The predicted molar refractivity (Wildman–Crippen MR) is 56.8 cm³/mol. The minimum atomic E-state index is -0.601. The highest BCUT2D eigenvalue weighted by molar-refractivity contribution is 6.09. The summed E-state index contributed by atoms with van der Waals surface area (Å²) in [7, 11) is 0. The smallest absolute Gasteiger partial charge is 0.255 e. The number of primary amides is 1. The molecule has 0 spiro atoms. The lowest BCUT2D eigenvalue weighted by atomic mass is 10.0. The fourth-order valence-electron chi connectivity index (χ4n) is 1.93. The molecule has 0 unspecified atom stereocenters. The van der Waals surface area contributed by atoms with E-state index in [9.17, 15) is 9.59 Å². The van der Waals surface area contributed by atoms with Crippen LogP contribution in [0.15, 0.2) is 18.2 Å². The molecule has 0 saturated heterocycles. The Kier molecular flexibility index (Phi) is 2.62. The lowest BCUT2D eigenvalue weighted by Crippen LogP contribution is -2.28. The van der Waals surface area contributed by atoms with Crippen molar-refractivity contribution in [3.05, 3.63) is 34.9 Å². The molecular formula is C11H12N2O3. The van der Waals surface area contributed by atoms with E-state index in [0.29, 0.717) is 12.1 Å². The molecule has 0 atom stereocenters. The normalized spacial score (nSPS) is 14.1. The van der Waals surface area contributed by atoms with Crippen LogP contribution in [0.3, 0.4) is 0 Å². The van der Waals surface area contributed by atoms with Crippen molar-refractivity contribution >= 4 is 11.8 Å². The number of rotatable bonds is 3. The third kappa shape index (κ3) is 1.55. The average Bonchev–Trinajstić information content (AvgIpc) is 2.57. The molecule has 3 N–H and O–H groups in total. The van der Waals surface area contributed by atoms with Gasteiger partial charge in [0, 0.05) is 13.1 Å². The number of carbonyl (C=O) groups is 2. The van der Waals surface area contributed by atoms with E-state index in [0.717, 1.165) is 5.56 Å². The highest BCUT2D eigenvalue weighted by atomic mass is 16.3. The summed E-state index contributed by atoms with van der Waals surface area (Å²) in [4.78, 5) is 24.6. The molecule has 1 aromatic rings. The molecule has 0 radical (unpaired) electrons. The molecule has 0 aromatic heterocycles. The van der Waals surface area contributed by atoms with E-state index in [4.69, 9.17) is 10.8 Å². The largest absolute Gasteiger partial charge is 0.395 e. The van der Waals surface area contributed by atoms with E-state index < -0.39 is 5.91 Å². The Balaban J connectivity index is 2.44. The summed E-state index contributed by atoms with van der Waals surface area (Å²) in [6.07, 6.45) is 0. The van der Waals surface area contributed by atoms with Gasteiger partial charge in [-0.1, -0.05) is 12.1 Å². The molecule has 2 amide bonds. The first kappa shape index (κ1) is 10.6. The quantitative estimate of drug-likeness (QED) is 0.735. The van der Waals surface area contributed by atoms with Crippen LogP contribution in [0, 0.1) is 0 Å². The van der Waals surface area contributed by atoms with Crippen LogP contribution in [0.1, 0.15) is 26.3 Å². The number of β-amino-alcohol motifs (C(OH)–C–C–N with tert-alkyl or cyclic N) is 1. The van der Waals surface area contributed by atoms with E-state index >= 15 is 0 Å². The van der Waals surface area contributed by atoms with E-state index in [-0.39, 0.29) is 24.6 Å². The third-order valence-electron chi connectivity index (χ3n) is 2.65. The molecule has 1 aromatic carbocycles. The topological polar surface area (TPSA) is 83.6 Å². The van der Waals surface area contributed by atoms with Crippen LogP contribution in [-0.4, -0.2) is 35.0 Å². The van der Waals surface area contributed by atoms with Crippen LogP contribution in [0.25, 0.3) is 0 Å². The minimum Gasteiger partial charge on any atom is -0.395 e. The Labute approximate surface area is 92.5 Å². The van der Waals surface area contributed by atoms with Crippen LogP contribution in [0.5, 0.6) is 0 Å². The molecule has 84 valence electrons. The number of amides is 2. The van der Waals surface area contributed by atoms with Gasteiger partial charge >= 0.3 is 0 Å². The summed E-state index contributed by atoms with van der Waals surface area (Å²) in [5, 5.41) is 8.82. The molecule has 0 aliphatic carbocycles. The van der Waals surface area contributed by atoms with E-state index in [1.807, 2.05) is 0 Å². The Morgan fingerprint density at radius 1 is 1.50 bits per heavy atom. The number of hydrogen-bond donors (Lipinski definition) is 2. The summed E-state index contributed by atoms with van der Waals surface area (Å²) in [5.41, 5.74) is 6.63. The number of nitrogens with two attached hydrogens (primary N) is 1. The Morgan fingerprint density at radius 3 is 2.88 bits per heavy atom. The number of hydrogen-bond acceptors (Lipinski definition) is 3. The maximum Gasteiger partial charge on any atom is 0.255 e. The van der Waals surface area contributed by atoms with Crippen molar-refractivity contribution in [3.8, 4) is 0 Å². The molecule has 5 nitrogen and oxygen atoms in total. The van der Waals surface area contributed by atoms with E-state index in [2.05, 4.69) is 0 Å². The Morgan fingerprint density at radius 2 is 2.25 bits per heavy atom. The highest BCUT2D eigenvalue weighted by Gasteiger charge is 2.30. The second-order valence-corrected chi connectivity index (χ2v) is 3.65. The molecule has 2 rings (SSSR count). The predicted octanol–water partition coefficient (Wildman–Crippen LogP) is -0.266. The fourth-order valence-corrected chi connectivity index (χ4v) is 1.93. The van der Waals surface area contributed by atoms with Gasteiger partial charge in [-0.25, -0.2) is 0 Å². The van der Waals surface area contributed by atoms with Crippen molar-refractivity contribution in [2.24, 2.45) is 5.73 Å². The average molecular weight is 220 g/mol. The zero-order valence-corrected chi connectivity index (χ0v) is 8.64. The van der Waals surface area contributed by atoms with Crippen molar-refractivity contribution in [1.82, 2.24) is 4.90 Å². The standard InChI is InChI=1S/C11H12N2O3/c12-10(15)8-3-1-2-7-6-13(4-5-14)11(16)9(7)8/h1-3,14H,4-6H2,(H2,12,15). The molecule has 0 bridgehead atoms. The van der Waals surface area contributed by atoms with Gasteiger partial charge in [0.05, 0.1) is 17.7 Å². The molecule has 5 heteroatoms. The van der Waals surface area contributed by atoms with Gasteiger partial charge in [0.25, 0.3) is 5.91 Å². The highest BCUT2D eigenvalue weighted by Crippen LogP contribution is 2.25. The monoisotopic (exact) mass is 220 g/mol. The third-order valence-corrected chi connectivity index (χ3v) is 2.65. The van der Waals surface area contributed by atoms with Gasteiger partial charge in [-0.05, 0) is 11.6 Å². The van der Waals surface area contributed by atoms with E-state index in [1.54, 1.807) is 18.2 Å². The maximum absolute atomic E-state index is 11.9. The zero-order valence-electron chi connectivity index (χ0n) is 8.64. The van der Waals surface area contributed by atoms with Crippen molar-refractivity contribution in [3.63, 3.8) is 0 Å². The van der Waals surface area contributed by atoms with Gasteiger partial charge in [0.2, 0.25) is 5.91 Å². The number of aliphatic hydroxyl groups excluding tert-OH is 1. The van der Waals surface area contributed by atoms with Crippen molar-refractivity contribution < 1.29 is 14.7 Å². The first-order valence-electron chi connectivity index (χ1n) is 4.97. The number of benzene rings is 1. The number of aliphatic hydroxyl groups is 1. The van der Waals surface area contributed by atoms with Crippen LogP contribution >= 0.6 is 0 Å². The first-order chi connectivity index (χ1) is 7.65. The molecule has 1 aliphatic heterocycles. The van der Waals surface area contributed by atoms with Crippen LogP contribution in [0.4, 0.5) is 0 Å². The number of nitrogens with zero attached hydrogens (tertiary/aromatic N) is 1. The van der Waals surface area contributed by atoms with Crippen LogP contribution < -0.4 is 5.73 Å². The van der Waals surface area contributed by atoms with Crippen molar-refractivity contribution in [1.29, 1.82) is 0 Å². The van der Waals surface area contributed by atoms with Crippen LogP contribution in [0.2, 0.25) is 0 Å². The number of fused-ring (bicyclic) bond motifs is 1. The lowest BCUT2D eigenvalue weighted by Gasteiger charge is -2.13. The summed E-state index contributed by atoms with van der Waals surface area (Å²) < 4.78 is 0. The Hall–Kier alpha value is -1.88. The summed E-state index contributed by atoms with van der Waals surface area (Å²) in [6.45, 7) is 0.604. The molecule has 1 heterocycles. The SMILES string of the molecule is NC(=O)c1cccc2c1C(=O)N(CCO)C2. The fraction of sp³-hybridized carbons (Fsp3) is 0.273. The molecule has 1 aliphatic rings. The van der Waals surface area contributed by atoms with Crippen LogP contribution in [-0.2, 0) is 6.54 Å². The van der Waals surface area contributed by atoms with Gasteiger partial charge < -0.3 is 15.7 Å². The van der Waals surface area contributed by atoms with E-state index in [1.165, 1.54) is 4.90 Å². The maximum atomic E-state index is 11.9. The Bertz CT molecular complexity index is 457. The van der Waals surface area contributed by atoms with Gasteiger partial charge in [0.1, 0.15) is 0 Å². The molecular weight excluding hydrogens is 208 g/mol.